The molecule has 0 unspecified atom stereocenters. The molecule has 0 aromatic heterocycles. The number of halogens is 1. The van der Waals surface area contributed by atoms with E-state index >= 15 is 0 Å². The Morgan fingerprint density at radius 1 is 1.24 bits per heavy atom. The Hall–Kier alpha value is -1.78. The lowest BCUT2D eigenvalue weighted by Crippen LogP contribution is -2.47. The van der Waals surface area contributed by atoms with Gasteiger partial charge in [0.25, 0.3) is 0 Å². The summed E-state index contributed by atoms with van der Waals surface area (Å²) in [6.07, 6.45) is 0.804. The number of benzene rings is 1. The molecule has 1 aromatic rings. The van der Waals surface area contributed by atoms with Crippen molar-refractivity contribution >= 4 is 5.96 Å². The van der Waals surface area contributed by atoms with Gasteiger partial charge in [-0.3, -0.25) is 4.99 Å². The molecular weight excluding hydrogens is 269 g/mol. The molecule has 21 heavy (non-hydrogen) atoms. The summed E-state index contributed by atoms with van der Waals surface area (Å²) in [5, 5.41) is 6.54. The number of aliphatic imine (C=N–C) groups is 1. The second-order valence-electron chi connectivity index (χ2n) is 5.79. The molecule has 0 atom stereocenters. The van der Waals surface area contributed by atoms with Gasteiger partial charge in [-0.2, -0.15) is 0 Å². The van der Waals surface area contributed by atoms with Crippen molar-refractivity contribution in [1.29, 1.82) is 0 Å². The first-order valence-corrected chi connectivity index (χ1v) is 7.35. The van der Waals surface area contributed by atoms with E-state index in [9.17, 15) is 4.39 Å². The molecule has 4 nitrogen and oxygen atoms in total. The Kier molecular flexibility index (Phi) is 6.99. The second kappa shape index (κ2) is 8.49. The van der Waals surface area contributed by atoms with Crippen LogP contribution in [0.4, 0.5) is 4.39 Å². The Morgan fingerprint density at radius 2 is 1.90 bits per heavy atom. The number of hydrogen-bond acceptors (Lipinski definition) is 2. The average Bonchev–Trinajstić information content (AvgIpc) is 2.39. The van der Waals surface area contributed by atoms with E-state index in [-0.39, 0.29) is 11.4 Å². The quantitative estimate of drug-likeness (QED) is 0.482. The minimum absolute atomic E-state index is 0.0222. The lowest BCUT2D eigenvalue weighted by molar-refractivity contribution is 0.313. The van der Waals surface area contributed by atoms with Gasteiger partial charge in [0, 0.05) is 25.0 Å². The fourth-order valence-corrected chi connectivity index (χ4v) is 1.64. The minimum Gasteiger partial charge on any atom is -0.494 e. The lowest BCUT2D eigenvalue weighted by atomic mass is 10.1. The van der Waals surface area contributed by atoms with Gasteiger partial charge < -0.3 is 15.4 Å². The largest absolute Gasteiger partial charge is 0.494 e. The molecule has 0 radical (unpaired) electrons. The fraction of sp³-hybridized carbons (Fsp3) is 0.562. The number of nitrogens with one attached hydrogen (secondary N) is 2. The minimum atomic E-state index is -0.254. The molecule has 0 saturated heterocycles. The summed E-state index contributed by atoms with van der Waals surface area (Å²) >= 11 is 0. The van der Waals surface area contributed by atoms with Gasteiger partial charge in [-0.1, -0.05) is 0 Å². The molecular formula is C16H26FN3O. The molecule has 0 spiro atoms. The van der Waals surface area contributed by atoms with Crippen LogP contribution in [0.2, 0.25) is 0 Å². The third-order valence-electron chi connectivity index (χ3n) is 2.49. The maximum absolute atomic E-state index is 12.7. The summed E-state index contributed by atoms with van der Waals surface area (Å²) in [5.41, 5.74) is -0.0222. The summed E-state index contributed by atoms with van der Waals surface area (Å²) in [5.74, 6) is 1.24. The highest BCUT2D eigenvalue weighted by Gasteiger charge is 2.11. The predicted octanol–water partition coefficient (Wildman–Crippen LogP) is 2.95. The van der Waals surface area contributed by atoms with Gasteiger partial charge >= 0.3 is 0 Å². The number of ether oxygens (including phenoxy) is 1. The van der Waals surface area contributed by atoms with Crippen molar-refractivity contribution in [2.75, 3.05) is 19.7 Å². The Morgan fingerprint density at radius 3 is 2.48 bits per heavy atom. The molecule has 0 bridgehead atoms. The normalized spacial score (nSPS) is 12.1. The van der Waals surface area contributed by atoms with E-state index in [1.165, 1.54) is 12.1 Å². The highest BCUT2D eigenvalue weighted by molar-refractivity contribution is 5.80. The molecule has 0 saturated carbocycles. The first kappa shape index (κ1) is 17.3. The van der Waals surface area contributed by atoms with Crippen molar-refractivity contribution in [2.24, 2.45) is 4.99 Å². The van der Waals surface area contributed by atoms with Gasteiger partial charge in [0.2, 0.25) is 0 Å². The fourth-order valence-electron chi connectivity index (χ4n) is 1.64. The zero-order valence-corrected chi connectivity index (χ0v) is 13.4. The SMILES string of the molecule is CCNC(=NCCCOc1ccc(F)cc1)NC(C)(C)C. The van der Waals surface area contributed by atoms with E-state index in [0.29, 0.717) is 18.9 Å². The predicted molar refractivity (Wildman–Crippen MR) is 85.4 cm³/mol. The molecule has 118 valence electrons. The Labute approximate surface area is 126 Å². The number of guanidine groups is 1. The van der Waals surface area contributed by atoms with E-state index in [1.54, 1.807) is 12.1 Å². The molecule has 0 aliphatic rings. The summed E-state index contributed by atoms with van der Waals surface area (Å²) < 4.78 is 18.3. The van der Waals surface area contributed by atoms with Crippen LogP contribution in [0.1, 0.15) is 34.1 Å². The first-order chi connectivity index (χ1) is 9.90. The van der Waals surface area contributed by atoms with E-state index in [0.717, 1.165) is 18.9 Å². The highest BCUT2D eigenvalue weighted by atomic mass is 19.1. The first-order valence-electron chi connectivity index (χ1n) is 7.35. The molecule has 0 fully saturated rings. The van der Waals surface area contributed by atoms with E-state index < -0.39 is 0 Å². The smallest absolute Gasteiger partial charge is 0.191 e. The van der Waals surface area contributed by atoms with Crippen molar-refractivity contribution in [3.05, 3.63) is 30.1 Å². The maximum atomic E-state index is 12.7. The molecule has 5 heteroatoms. The molecule has 0 amide bonds. The maximum Gasteiger partial charge on any atom is 0.191 e. The van der Waals surface area contributed by atoms with Crippen LogP contribution >= 0.6 is 0 Å². The van der Waals surface area contributed by atoms with Crippen molar-refractivity contribution in [1.82, 2.24) is 10.6 Å². The standard InChI is InChI=1S/C16H26FN3O/c1-5-18-15(20-16(2,3)4)19-11-6-12-21-14-9-7-13(17)8-10-14/h7-10H,5-6,11-12H2,1-4H3,(H2,18,19,20). The van der Waals surface area contributed by atoms with Gasteiger partial charge in [-0.15, -0.1) is 0 Å². The zero-order valence-electron chi connectivity index (χ0n) is 13.4. The van der Waals surface area contributed by atoms with E-state index in [1.807, 2.05) is 6.92 Å². The molecule has 1 rings (SSSR count). The monoisotopic (exact) mass is 295 g/mol. The van der Waals surface area contributed by atoms with Gasteiger partial charge in [0.05, 0.1) is 6.61 Å². The Balaban J connectivity index is 2.32. The van der Waals surface area contributed by atoms with Crippen molar-refractivity contribution in [3.63, 3.8) is 0 Å². The topological polar surface area (TPSA) is 45.7 Å². The zero-order chi connectivity index (χ0) is 15.7. The number of hydrogen-bond donors (Lipinski definition) is 2. The van der Waals surface area contributed by atoms with Crippen LogP contribution in [0.25, 0.3) is 0 Å². The summed E-state index contributed by atoms with van der Waals surface area (Å²) in [6.45, 7) is 10.4. The second-order valence-corrected chi connectivity index (χ2v) is 5.79. The summed E-state index contributed by atoms with van der Waals surface area (Å²) in [7, 11) is 0. The van der Waals surface area contributed by atoms with Crippen LogP contribution in [0, 0.1) is 5.82 Å². The van der Waals surface area contributed by atoms with Crippen LogP contribution in [0.15, 0.2) is 29.3 Å². The van der Waals surface area contributed by atoms with Gasteiger partial charge in [-0.25, -0.2) is 4.39 Å². The molecule has 1 aromatic carbocycles. The highest BCUT2D eigenvalue weighted by Crippen LogP contribution is 2.11. The molecule has 2 N–H and O–H groups in total. The molecule has 0 aliphatic heterocycles. The number of nitrogens with zero attached hydrogens (tertiary/aromatic N) is 1. The van der Waals surface area contributed by atoms with Gasteiger partial charge in [0.15, 0.2) is 5.96 Å². The molecule has 0 heterocycles. The summed E-state index contributed by atoms with van der Waals surface area (Å²) in [4.78, 5) is 4.50. The number of rotatable bonds is 6. The van der Waals surface area contributed by atoms with Crippen molar-refractivity contribution in [2.45, 2.75) is 39.7 Å². The van der Waals surface area contributed by atoms with Crippen LogP contribution in [-0.4, -0.2) is 31.2 Å². The van der Waals surface area contributed by atoms with E-state index in [4.69, 9.17) is 4.74 Å². The third-order valence-corrected chi connectivity index (χ3v) is 2.49. The van der Waals surface area contributed by atoms with Crippen LogP contribution in [0.5, 0.6) is 5.75 Å². The van der Waals surface area contributed by atoms with Crippen LogP contribution < -0.4 is 15.4 Å². The lowest BCUT2D eigenvalue weighted by Gasteiger charge is -2.23. The Bertz CT molecular complexity index is 438. The van der Waals surface area contributed by atoms with Gasteiger partial charge in [0.1, 0.15) is 11.6 Å². The van der Waals surface area contributed by atoms with Crippen LogP contribution in [0.3, 0.4) is 0 Å². The van der Waals surface area contributed by atoms with Gasteiger partial charge in [-0.05, 0) is 52.0 Å². The van der Waals surface area contributed by atoms with Crippen molar-refractivity contribution in [3.8, 4) is 5.75 Å². The van der Waals surface area contributed by atoms with E-state index in [2.05, 4.69) is 36.4 Å². The summed E-state index contributed by atoms with van der Waals surface area (Å²) in [6, 6.07) is 6.04. The van der Waals surface area contributed by atoms with Crippen LogP contribution in [-0.2, 0) is 0 Å². The third kappa shape index (κ3) is 8.17. The molecule has 0 aliphatic carbocycles. The van der Waals surface area contributed by atoms with Crippen molar-refractivity contribution < 1.29 is 9.13 Å². The average molecular weight is 295 g/mol.